The van der Waals surface area contributed by atoms with E-state index in [1.165, 1.54) is 25.3 Å². The molecule has 3 nitrogen and oxygen atoms in total. The van der Waals surface area contributed by atoms with Gasteiger partial charge < -0.3 is 4.74 Å². The molecule has 0 radical (unpaired) electrons. The van der Waals surface area contributed by atoms with Crippen LogP contribution in [0.25, 0.3) is 0 Å². The van der Waals surface area contributed by atoms with Crippen LogP contribution in [0.1, 0.15) is 5.56 Å². The van der Waals surface area contributed by atoms with Gasteiger partial charge in [0.05, 0.1) is 13.7 Å². The fourth-order valence-electron chi connectivity index (χ4n) is 0.953. The number of carbonyl (C=O) groups excluding carboxylic acids is 1. The van der Waals surface area contributed by atoms with Gasteiger partial charge in [-0.1, -0.05) is 0 Å². The highest BCUT2D eigenvalue weighted by Crippen LogP contribution is 2.16. The minimum atomic E-state index is -0.407. The molecule has 0 saturated heterocycles. The summed E-state index contributed by atoms with van der Waals surface area (Å²) >= 11 is 0. The summed E-state index contributed by atoms with van der Waals surface area (Å²) in [5, 5.41) is 0. The Morgan fingerprint density at radius 3 is 2.92 bits per heavy atom. The second kappa shape index (κ2) is 4.38. The number of isocyanates is 1. The third-order valence-electron chi connectivity index (χ3n) is 1.49. The molecule has 0 atom stereocenters. The van der Waals surface area contributed by atoms with Crippen molar-refractivity contribution in [3.05, 3.63) is 29.6 Å². The van der Waals surface area contributed by atoms with Crippen LogP contribution < -0.4 is 4.74 Å². The third-order valence-corrected chi connectivity index (χ3v) is 1.49. The van der Waals surface area contributed by atoms with E-state index in [1.54, 1.807) is 6.07 Å². The van der Waals surface area contributed by atoms with Gasteiger partial charge in [-0.15, -0.1) is 0 Å². The van der Waals surface area contributed by atoms with Crippen LogP contribution >= 0.6 is 0 Å². The van der Waals surface area contributed by atoms with Gasteiger partial charge in [-0.3, -0.25) is 0 Å². The Hall–Kier alpha value is -1.67. The van der Waals surface area contributed by atoms with Crippen molar-refractivity contribution < 1.29 is 13.9 Å². The van der Waals surface area contributed by atoms with Crippen LogP contribution in [0, 0.1) is 5.82 Å². The second-order valence-electron chi connectivity index (χ2n) is 2.41. The van der Waals surface area contributed by atoms with Gasteiger partial charge in [-0.05, 0) is 17.7 Å². The standard InChI is InChI=1S/C9H8FNO2/c1-13-9-3-7(5-11-6-12)2-8(10)4-9/h2-4H,5H2,1H3. The Morgan fingerprint density at radius 1 is 1.54 bits per heavy atom. The van der Waals surface area contributed by atoms with Crippen LogP contribution in [-0.2, 0) is 11.3 Å². The molecule has 0 unspecified atom stereocenters. The highest BCUT2D eigenvalue weighted by Gasteiger charge is 1.99. The zero-order valence-electron chi connectivity index (χ0n) is 7.08. The predicted molar refractivity (Wildman–Crippen MR) is 44.8 cm³/mol. The molecule has 0 saturated carbocycles. The van der Waals surface area contributed by atoms with Crippen molar-refractivity contribution in [2.45, 2.75) is 6.54 Å². The number of benzene rings is 1. The number of methoxy groups -OCH3 is 1. The maximum absolute atomic E-state index is 12.8. The summed E-state index contributed by atoms with van der Waals surface area (Å²) in [5.41, 5.74) is 0.584. The average Bonchev–Trinajstić information content (AvgIpc) is 2.14. The summed E-state index contributed by atoms with van der Waals surface area (Å²) in [5.74, 6) is 0.00606. The van der Waals surface area contributed by atoms with E-state index in [9.17, 15) is 9.18 Å². The lowest BCUT2D eigenvalue weighted by atomic mass is 10.2. The van der Waals surface area contributed by atoms with Gasteiger partial charge in [0, 0.05) is 6.07 Å². The Labute approximate surface area is 74.9 Å². The van der Waals surface area contributed by atoms with Gasteiger partial charge in [0.1, 0.15) is 11.6 Å². The van der Waals surface area contributed by atoms with Crippen molar-refractivity contribution >= 4 is 6.08 Å². The molecule has 1 aromatic carbocycles. The number of ether oxygens (including phenoxy) is 1. The predicted octanol–water partition coefficient (Wildman–Crippen LogP) is 1.67. The van der Waals surface area contributed by atoms with Crippen LogP contribution in [0.15, 0.2) is 23.2 Å². The maximum atomic E-state index is 12.8. The number of rotatable bonds is 3. The van der Waals surface area contributed by atoms with Crippen molar-refractivity contribution in [1.29, 1.82) is 0 Å². The Bertz CT molecular complexity index is 345. The van der Waals surface area contributed by atoms with E-state index in [0.717, 1.165) is 0 Å². The van der Waals surface area contributed by atoms with Gasteiger partial charge in [0.2, 0.25) is 6.08 Å². The summed E-state index contributed by atoms with van der Waals surface area (Å²) in [6, 6.07) is 4.17. The molecule has 0 heterocycles. The fourth-order valence-corrected chi connectivity index (χ4v) is 0.953. The summed E-state index contributed by atoms with van der Waals surface area (Å²) in [6.45, 7) is 0.123. The van der Waals surface area contributed by atoms with E-state index in [4.69, 9.17) is 4.74 Å². The van der Waals surface area contributed by atoms with E-state index in [-0.39, 0.29) is 6.54 Å². The number of aliphatic imine (C=N–C) groups is 1. The van der Waals surface area contributed by atoms with Gasteiger partial charge in [-0.2, -0.15) is 0 Å². The molecule has 0 fully saturated rings. The van der Waals surface area contributed by atoms with Gasteiger partial charge in [-0.25, -0.2) is 14.2 Å². The molecule has 0 aliphatic rings. The molecular weight excluding hydrogens is 173 g/mol. The minimum Gasteiger partial charge on any atom is -0.497 e. The molecule has 0 spiro atoms. The Balaban J connectivity index is 2.93. The first-order chi connectivity index (χ1) is 6.26. The monoisotopic (exact) mass is 181 g/mol. The fraction of sp³-hybridized carbons (Fsp3) is 0.222. The Morgan fingerprint density at radius 2 is 2.31 bits per heavy atom. The lowest BCUT2D eigenvalue weighted by Gasteiger charge is -2.01. The number of hydrogen-bond donors (Lipinski definition) is 0. The quantitative estimate of drug-likeness (QED) is 0.525. The smallest absolute Gasteiger partial charge is 0.235 e. The topological polar surface area (TPSA) is 38.7 Å². The van der Waals surface area contributed by atoms with E-state index >= 15 is 0 Å². The molecule has 0 bridgehead atoms. The van der Waals surface area contributed by atoms with Crippen LogP contribution in [-0.4, -0.2) is 13.2 Å². The zero-order valence-corrected chi connectivity index (χ0v) is 7.08. The van der Waals surface area contributed by atoms with Gasteiger partial charge >= 0.3 is 0 Å². The summed E-state index contributed by atoms with van der Waals surface area (Å²) in [7, 11) is 1.45. The van der Waals surface area contributed by atoms with Gasteiger partial charge in [0.25, 0.3) is 0 Å². The summed E-state index contributed by atoms with van der Waals surface area (Å²) in [6.07, 6.45) is 1.38. The highest BCUT2D eigenvalue weighted by molar-refractivity contribution is 5.35. The molecule has 68 valence electrons. The summed E-state index contributed by atoms with van der Waals surface area (Å²) in [4.78, 5) is 13.1. The molecule has 13 heavy (non-hydrogen) atoms. The normalized spacial score (nSPS) is 9.08. The molecule has 1 rings (SSSR count). The number of nitrogens with zero attached hydrogens (tertiary/aromatic N) is 1. The first-order valence-electron chi connectivity index (χ1n) is 3.63. The van der Waals surface area contributed by atoms with Crippen molar-refractivity contribution in [2.24, 2.45) is 4.99 Å². The van der Waals surface area contributed by atoms with E-state index in [0.29, 0.717) is 11.3 Å². The maximum Gasteiger partial charge on any atom is 0.235 e. The van der Waals surface area contributed by atoms with Crippen LogP contribution in [0.4, 0.5) is 4.39 Å². The minimum absolute atomic E-state index is 0.123. The number of hydrogen-bond acceptors (Lipinski definition) is 3. The lowest BCUT2D eigenvalue weighted by Crippen LogP contribution is -1.88. The number of halogens is 1. The SMILES string of the molecule is COc1cc(F)cc(CN=C=O)c1. The van der Waals surface area contributed by atoms with E-state index < -0.39 is 5.82 Å². The highest BCUT2D eigenvalue weighted by atomic mass is 19.1. The van der Waals surface area contributed by atoms with Crippen molar-refractivity contribution in [3.63, 3.8) is 0 Å². The van der Waals surface area contributed by atoms with Crippen molar-refractivity contribution in [1.82, 2.24) is 0 Å². The molecule has 0 amide bonds. The van der Waals surface area contributed by atoms with Crippen LogP contribution in [0.2, 0.25) is 0 Å². The third kappa shape index (κ3) is 2.69. The van der Waals surface area contributed by atoms with Crippen LogP contribution in [0.3, 0.4) is 0 Å². The molecule has 0 N–H and O–H groups in total. The molecule has 0 aliphatic carbocycles. The van der Waals surface area contributed by atoms with Crippen molar-refractivity contribution in [3.8, 4) is 5.75 Å². The van der Waals surface area contributed by atoms with Crippen LogP contribution in [0.5, 0.6) is 5.75 Å². The molecule has 4 heteroatoms. The molecule has 0 aliphatic heterocycles. The first kappa shape index (κ1) is 9.42. The second-order valence-corrected chi connectivity index (χ2v) is 2.41. The lowest BCUT2D eigenvalue weighted by molar-refractivity contribution is 0.410. The van der Waals surface area contributed by atoms with Crippen molar-refractivity contribution in [2.75, 3.05) is 7.11 Å². The zero-order chi connectivity index (χ0) is 9.68. The molecule has 1 aromatic rings. The first-order valence-corrected chi connectivity index (χ1v) is 3.63. The largest absolute Gasteiger partial charge is 0.497 e. The summed E-state index contributed by atoms with van der Waals surface area (Å²) < 4.78 is 17.7. The van der Waals surface area contributed by atoms with Gasteiger partial charge in [0.15, 0.2) is 0 Å². The average molecular weight is 181 g/mol. The van der Waals surface area contributed by atoms with E-state index in [1.807, 2.05) is 0 Å². The molecule has 0 aromatic heterocycles. The van der Waals surface area contributed by atoms with E-state index in [2.05, 4.69) is 4.99 Å². The Kier molecular flexibility index (Phi) is 3.17. The molecular formula is C9H8FNO2.